The summed E-state index contributed by atoms with van der Waals surface area (Å²) >= 11 is 1.22. The number of aromatic carboxylic acids is 1. The Balaban J connectivity index is 2.11. The molecule has 1 amide bonds. The minimum absolute atomic E-state index is 0.00949. The average molecular weight is 293 g/mol. The highest BCUT2D eigenvalue weighted by atomic mass is 32.1. The average Bonchev–Trinajstić information content (AvgIpc) is 2.77. The van der Waals surface area contributed by atoms with Crippen molar-refractivity contribution in [2.75, 3.05) is 11.1 Å². The smallest absolute Gasteiger partial charge is 0.335 e. The van der Waals surface area contributed by atoms with Crippen LogP contribution in [-0.4, -0.2) is 27.1 Å². The number of hydrogen-bond donors (Lipinski definition) is 4. The fourth-order valence-corrected chi connectivity index (χ4v) is 2.09. The highest BCUT2D eigenvalue weighted by Crippen LogP contribution is 2.24. The standard InChI is InChI=1S/C12H11N3O4S/c13-12-14-7(5-20-12)4-10(17)15-8-3-6(11(18)19)1-2-9(8)16/h1-3,5,16H,4H2,(H2,13,14)(H,15,17)(H,18,19). The molecule has 0 radical (unpaired) electrons. The number of thiazole rings is 1. The van der Waals surface area contributed by atoms with E-state index >= 15 is 0 Å². The molecular formula is C12H11N3O4S. The number of nitrogens with zero attached hydrogens (tertiary/aromatic N) is 1. The molecule has 20 heavy (non-hydrogen) atoms. The van der Waals surface area contributed by atoms with Gasteiger partial charge in [0.25, 0.3) is 0 Å². The molecule has 8 heteroatoms. The van der Waals surface area contributed by atoms with Gasteiger partial charge in [-0.2, -0.15) is 0 Å². The monoisotopic (exact) mass is 293 g/mol. The van der Waals surface area contributed by atoms with E-state index in [1.807, 2.05) is 0 Å². The Morgan fingerprint density at radius 3 is 2.75 bits per heavy atom. The van der Waals surface area contributed by atoms with Crippen molar-refractivity contribution >= 4 is 34.0 Å². The summed E-state index contributed by atoms with van der Waals surface area (Å²) in [5, 5.41) is 22.9. The first-order chi connectivity index (χ1) is 9.45. The second-order valence-corrected chi connectivity index (χ2v) is 4.83. The second-order valence-electron chi connectivity index (χ2n) is 3.94. The van der Waals surface area contributed by atoms with Gasteiger partial charge in [0.15, 0.2) is 5.13 Å². The van der Waals surface area contributed by atoms with E-state index in [1.165, 1.54) is 29.5 Å². The summed E-state index contributed by atoms with van der Waals surface area (Å²) in [7, 11) is 0. The number of carbonyl (C=O) groups is 2. The quantitative estimate of drug-likeness (QED) is 0.630. The molecular weight excluding hydrogens is 282 g/mol. The van der Waals surface area contributed by atoms with Gasteiger partial charge < -0.3 is 21.3 Å². The number of carboxylic acid groups (broad SMARTS) is 1. The lowest BCUT2D eigenvalue weighted by Crippen LogP contribution is -2.15. The van der Waals surface area contributed by atoms with Gasteiger partial charge in [0.2, 0.25) is 5.91 Å². The van der Waals surface area contributed by atoms with Gasteiger partial charge in [0, 0.05) is 5.38 Å². The first-order valence-corrected chi connectivity index (χ1v) is 6.39. The Morgan fingerprint density at radius 1 is 1.40 bits per heavy atom. The van der Waals surface area contributed by atoms with Crippen LogP contribution in [0.25, 0.3) is 0 Å². The van der Waals surface area contributed by atoms with Crippen molar-refractivity contribution in [3.63, 3.8) is 0 Å². The lowest BCUT2D eigenvalue weighted by atomic mass is 10.2. The van der Waals surface area contributed by atoms with Crippen molar-refractivity contribution in [2.24, 2.45) is 0 Å². The summed E-state index contributed by atoms with van der Waals surface area (Å²) < 4.78 is 0. The molecule has 5 N–H and O–H groups in total. The van der Waals surface area contributed by atoms with E-state index in [-0.39, 0.29) is 23.4 Å². The van der Waals surface area contributed by atoms with Crippen LogP contribution in [0.2, 0.25) is 0 Å². The fraction of sp³-hybridized carbons (Fsp3) is 0.0833. The lowest BCUT2D eigenvalue weighted by Gasteiger charge is -2.07. The number of phenolic OH excluding ortho intramolecular Hbond substituents is 1. The number of anilines is 2. The van der Waals surface area contributed by atoms with Gasteiger partial charge in [-0.1, -0.05) is 0 Å². The van der Waals surface area contributed by atoms with E-state index in [4.69, 9.17) is 10.8 Å². The van der Waals surface area contributed by atoms with Crippen LogP contribution in [0.3, 0.4) is 0 Å². The fourth-order valence-electron chi connectivity index (χ4n) is 1.53. The number of aromatic hydroxyl groups is 1. The molecule has 1 aromatic heterocycles. The number of phenols is 1. The minimum Gasteiger partial charge on any atom is -0.506 e. The third kappa shape index (κ3) is 3.23. The Hall–Kier alpha value is -2.61. The molecule has 0 aliphatic rings. The third-order valence-electron chi connectivity index (χ3n) is 2.43. The molecule has 1 heterocycles. The van der Waals surface area contributed by atoms with Gasteiger partial charge in [-0.15, -0.1) is 11.3 Å². The van der Waals surface area contributed by atoms with E-state index < -0.39 is 11.9 Å². The summed E-state index contributed by atoms with van der Waals surface area (Å²) in [6, 6.07) is 3.64. The van der Waals surface area contributed by atoms with Crippen molar-refractivity contribution in [1.82, 2.24) is 4.98 Å². The maximum atomic E-state index is 11.8. The molecule has 2 aromatic rings. The molecule has 0 bridgehead atoms. The molecule has 0 saturated carbocycles. The number of nitrogens with one attached hydrogen (secondary N) is 1. The van der Waals surface area contributed by atoms with E-state index in [2.05, 4.69) is 10.3 Å². The Kier molecular flexibility index (Phi) is 3.85. The number of aromatic nitrogens is 1. The minimum atomic E-state index is -1.15. The summed E-state index contributed by atoms with van der Waals surface area (Å²) in [5.74, 6) is -1.78. The van der Waals surface area contributed by atoms with Crippen LogP contribution in [0.4, 0.5) is 10.8 Å². The number of nitrogens with two attached hydrogens (primary N) is 1. The van der Waals surface area contributed by atoms with E-state index in [1.54, 1.807) is 5.38 Å². The molecule has 7 nitrogen and oxygen atoms in total. The first-order valence-electron chi connectivity index (χ1n) is 5.51. The van der Waals surface area contributed by atoms with Crippen molar-refractivity contribution in [3.8, 4) is 5.75 Å². The molecule has 0 spiro atoms. The number of rotatable bonds is 4. The van der Waals surface area contributed by atoms with Gasteiger partial charge >= 0.3 is 5.97 Å². The highest BCUT2D eigenvalue weighted by Gasteiger charge is 2.12. The Labute approximate surface area is 117 Å². The summed E-state index contributed by atoms with van der Waals surface area (Å²) in [6.45, 7) is 0. The lowest BCUT2D eigenvalue weighted by molar-refractivity contribution is -0.115. The molecule has 1 aromatic carbocycles. The van der Waals surface area contributed by atoms with Gasteiger partial charge in [0.1, 0.15) is 5.75 Å². The normalized spacial score (nSPS) is 10.2. The predicted molar refractivity (Wildman–Crippen MR) is 73.9 cm³/mol. The predicted octanol–water partition coefficient (Wildman–Crippen LogP) is 1.31. The summed E-state index contributed by atoms with van der Waals surface area (Å²) in [6.07, 6.45) is -0.00949. The molecule has 0 atom stereocenters. The van der Waals surface area contributed by atoms with Crippen LogP contribution in [0.1, 0.15) is 16.1 Å². The molecule has 0 aliphatic carbocycles. The number of amides is 1. The number of carbonyl (C=O) groups excluding carboxylic acids is 1. The Bertz CT molecular complexity index is 668. The van der Waals surface area contributed by atoms with Crippen LogP contribution < -0.4 is 11.1 Å². The van der Waals surface area contributed by atoms with E-state index in [9.17, 15) is 14.7 Å². The number of carboxylic acids is 1. The largest absolute Gasteiger partial charge is 0.506 e. The number of benzene rings is 1. The Morgan fingerprint density at radius 2 is 2.15 bits per heavy atom. The van der Waals surface area contributed by atoms with Gasteiger partial charge in [0.05, 0.1) is 23.4 Å². The van der Waals surface area contributed by atoms with Crippen LogP contribution >= 0.6 is 11.3 Å². The van der Waals surface area contributed by atoms with Crippen LogP contribution in [0.5, 0.6) is 5.75 Å². The summed E-state index contributed by atoms with van der Waals surface area (Å²) in [4.78, 5) is 26.5. The van der Waals surface area contributed by atoms with Gasteiger partial charge in [-0.3, -0.25) is 4.79 Å². The zero-order valence-electron chi connectivity index (χ0n) is 10.2. The molecule has 2 rings (SSSR count). The maximum absolute atomic E-state index is 11.8. The van der Waals surface area contributed by atoms with Gasteiger partial charge in [-0.05, 0) is 18.2 Å². The van der Waals surface area contributed by atoms with Crippen molar-refractivity contribution in [2.45, 2.75) is 6.42 Å². The molecule has 0 saturated heterocycles. The van der Waals surface area contributed by atoms with Crippen molar-refractivity contribution in [1.29, 1.82) is 0 Å². The van der Waals surface area contributed by atoms with E-state index in [0.717, 1.165) is 0 Å². The first kappa shape index (κ1) is 13.8. The zero-order valence-corrected chi connectivity index (χ0v) is 11.0. The van der Waals surface area contributed by atoms with E-state index in [0.29, 0.717) is 10.8 Å². The maximum Gasteiger partial charge on any atom is 0.335 e. The molecule has 0 aliphatic heterocycles. The molecule has 0 fully saturated rings. The van der Waals surface area contributed by atoms with Crippen molar-refractivity contribution in [3.05, 3.63) is 34.8 Å². The third-order valence-corrected chi connectivity index (χ3v) is 3.15. The van der Waals surface area contributed by atoms with Crippen LogP contribution in [0, 0.1) is 0 Å². The van der Waals surface area contributed by atoms with Crippen LogP contribution in [-0.2, 0) is 11.2 Å². The molecule has 0 unspecified atom stereocenters. The SMILES string of the molecule is Nc1nc(CC(=O)Nc2cc(C(=O)O)ccc2O)cs1. The summed E-state index contributed by atoms with van der Waals surface area (Å²) in [5.41, 5.74) is 5.98. The topological polar surface area (TPSA) is 126 Å². The van der Waals surface area contributed by atoms with Gasteiger partial charge in [-0.25, -0.2) is 9.78 Å². The van der Waals surface area contributed by atoms with Crippen LogP contribution in [0.15, 0.2) is 23.6 Å². The second kappa shape index (κ2) is 5.57. The number of nitrogen functional groups attached to an aromatic ring is 1. The molecule has 104 valence electrons. The zero-order chi connectivity index (χ0) is 14.7. The number of hydrogen-bond acceptors (Lipinski definition) is 6. The highest BCUT2D eigenvalue weighted by molar-refractivity contribution is 7.13. The van der Waals surface area contributed by atoms with Crippen molar-refractivity contribution < 1.29 is 19.8 Å².